The van der Waals surface area contributed by atoms with Gasteiger partial charge in [0.25, 0.3) is 0 Å². The third kappa shape index (κ3) is 2.48. The first-order valence-electron chi connectivity index (χ1n) is 7.56. The van der Waals surface area contributed by atoms with Gasteiger partial charge in [0.2, 0.25) is 6.79 Å². The highest BCUT2D eigenvalue weighted by Crippen LogP contribution is 2.51. The van der Waals surface area contributed by atoms with E-state index in [1.807, 2.05) is 36.4 Å². The molecule has 0 unspecified atom stereocenters. The van der Waals surface area contributed by atoms with Crippen LogP contribution < -0.4 is 14.2 Å². The predicted octanol–water partition coefficient (Wildman–Crippen LogP) is 3.41. The molecule has 1 heterocycles. The molecule has 1 N–H and O–H groups in total. The van der Waals surface area contributed by atoms with Crippen LogP contribution in [0, 0.1) is 5.92 Å². The fraction of sp³-hybridized carbons (Fsp3) is 0.278. The average molecular weight is 311 g/mol. The lowest BCUT2D eigenvalue weighted by atomic mass is 10.0. The molecule has 5 heteroatoms. The van der Waals surface area contributed by atoms with Crippen LogP contribution in [0.5, 0.6) is 17.2 Å². The van der Waals surface area contributed by atoms with Crippen LogP contribution in [0.25, 0.3) is 0 Å². The smallest absolute Gasteiger partial charge is 0.231 e. The Balaban J connectivity index is 1.54. The van der Waals surface area contributed by atoms with E-state index in [0.717, 1.165) is 34.9 Å². The third-order valence-corrected chi connectivity index (χ3v) is 4.46. The Bertz CT molecular complexity index is 754. The Morgan fingerprint density at radius 2 is 1.91 bits per heavy atom. The number of oxime groups is 1. The summed E-state index contributed by atoms with van der Waals surface area (Å²) in [6, 6.07) is 13.6. The van der Waals surface area contributed by atoms with Crippen LogP contribution in [0.15, 0.2) is 47.6 Å². The summed E-state index contributed by atoms with van der Waals surface area (Å²) in [5, 5.41) is 13.0. The summed E-state index contributed by atoms with van der Waals surface area (Å²) in [5.74, 6) is 2.93. The number of rotatable bonds is 4. The molecule has 0 saturated heterocycles. The molecule has 4 rings (SSSR count). The van der Waals surface area contributed by atoms with Crippen molar-refractivity contribution in [2.75, 3.05) is 13.9 Å². The Morgan fingerprint density at radius 1 is 1.13 bits per heavy atom. The first kappa shape index (κ1) is 13.9. The highest BCUT2D eigenvalue weighted by atomic mass is 16.7. The second-order valence-electron chi connectivity index (χ2n) is 5.78. The Labute approximate surface area is 134 Å². The van der Waals surface area contributed by atoms with Crippen LogP contribution >= 0.6 is 0 Å². The van der Waals surface area contributed by atoms with E-state index in [1.54, 1.807) is 7.11 Å². The number of fused-ring (bicyclic) bond motifs is 1. The monoisotopic (exact) mass is 311 g/mol. The molecular formula is C18H17NO4. The molecule has 2 aromatic carbocycles. The summed E-state index contributed by atoms with van der Waals surface area (Å²) in [4.78, 5) is 0. The van der Waals surface area contributed by atoms with Crippen LogP contribution in [-0.2, 0) is 0 Å². The first-order chi connectivity index (χ1) is 11.3. The minimum Gasteiger partial charge on any atom is -0.497 e. The summed E-state index contributed by atoms with van der Waals surface area (Å²) >= 11 is 0. The van der Waals surface area contributed by atoms with Crippen molar-refractivity contribution in [1.29, 1.82) is 0 Å². The number of benzene rings is 2. The molecule has 0 spiro atoms. The zero-order valence-electron chi connectivity index (χ0n) is 12.7. The van der Waals surface area contributed by atoms with Crippen molar-refractivity contribution >= 4 is 5.71 Å². The maximum absolute atomic E-state index is 9.45. The van der Waals surface area contributed by atoms with Gasteiger partial charge in [-0.3, -0.25) is 0 Å². The predicted molar refractivity (Wildman–Crippen MR) is 84.7 cm³/mol. The average Bonchev–Trinajstić information content (AvgIpc) is 3.23. The molecule has 1 aliphatic heterocycles. The lowest BCUT2D eigenvalue weighted by Crippen LogP contribution is -2.05. The van der Waals surface area contributed by atoms with Crippen LogP contribution in [0.2, 0.25) is 0 Å². The van der Waals surface area contributed by atoms with Gasteiger partial charge in [-0.1, -0.05) is 11.2 Å². The second-order valence-corrected chi connectivity index (χ2v) is 5.78. The summed E-state index contributed by atoms with van der Waals surface area (Å²) in [6.45, 7) is 0.280. The van der Waals surface area contributed by atoms with Gasteiger partial charge in [-0.15, -0.1) is 0 Å². The molecule has 23 heavy (non-hydrogen) atoms. The van der Waals surface area contributed by atoms with Gasteiger partial charge in [-0.2, -0.15) is 0 Å². The van der Waals surface area contributed by atoms with Gasteiger partial charge in [0.1, 0.15) is 5.75 Å². The molecule has 1 saturated carbocycles. The molecule has 0 amide bonds. The Morgan fingerprint density at radius 3 is 2.65 bits per heavy atom. The molecule has 118 valence electrons. The van der Waals surface area contributed by atoms with E-state index in [-0.39, 0.29) is 12.7 Å². The van der Waals surface area contributed by atoms with Crippen molar-refractivity contribution in [2.45, 2.75) is 12.3 Å². The molecule has 0 aromatic heterocycles. The van der Waals surface area contributed by atoms with Crippen LogP contribution in [0.1, 0.15) is 23.5 Å². The van der Waals surface area contributed by atoms with Gasteiger partial charge in [0.15, 0.2) is 11.5 Å². The summed E-state index contributed by atoms with van der Waals surface area (Å²) in [5.41, 5.74) is 2.82. The van der Waals surface area contributed by atoms with Crippen molar-refractivity contribution in [3.05, 3.63) is 53.6 Å². The molecule has 0 radical (unpaired) electrons. The van der Waals surface area contributed by atoms with E-state index >= 15 is 0 Å². The van der Waals surface area contributed by atoms with Gasteiger partial charge in [0, 0.05) is 5.92 Å². The normalized spacial score (nSPS) is 22.0. The minimum absolute atomic E-state index is 0.216. The van der Waals surface area contributed by atoms with Crippen molar-refractivity contribution < 1.29 is 19.4 Å². The van der Waals surface area contributed by atoms with Crippen LogP contribution in [-0.4, -0.2) is 24.8 Å². The topological polar surface area (TPSA) is 60.3 Å². The van der Waals surface area contributed by atoms with E-state index in [2.05, 4.69) is 11.2 Å². The molecule has 1 aliphatic carbocycles. The van der Waals surface area contributed by atoms with Gasteiger partial charge < -0.3 is 19.4 Å². The fourth-order valence-corrected chi connectivity index (χ4v) is 3.12. The Kier molecular flexibility index (Phi) is 3.33. The SMILES string of the molecule is COc1ccc(/C(=N\O)[C@H]2C[C@H]2c2ccc3c(c2)OCO3)cc1. The molecule has 0 bridgehead atoms. The van der Waals surface area contributed by atoms with Gasteiger partial charge in [0.05, 0.1) is 12.8 Å². The maximum Gasteiger partial charge on any atom is 0.231 e. The van der Waals surface area contributed by atoms with Crippen molar-refractivity contribution in [1.82, 2.24) is 0 Å². The van der Waals surface area contributed by atoms with Crippen LogP contribution in [0.3, 0.4) is 0 Å². The summed E-state index contributed by atoms with van der Waals surface area (Å²) in [6.07, 6.45) is 0.963. The van der Waals surface area contributed by atoms with Gasteiger partial charge in [-0.05, 0) is 59.9 Å². The lowest BCUT2D eigenvalue weighted by molar-refractivity contribution is 0.174. The second kappa shape index (κ2) is 5.50. The molecule has 5 nitrogen and oxygen atoms in total. The van der Waals surface area contributed by atoms with Gasteiger partial charge >= 0.3 is 0 Å². The fourth-order valence-electron chi connectivity index (χ4n) is 3.12. The molecule has 2 atom stereocenters. The maximum atomic E-state index is 9.45. The minimum atomic E-state index is 0.216. The highest BCUT2D eigenvalue weighted by molar-refractivity contribution is 6.04. The van der Waals surface area contributed by atoms with E-state index in [0.29, 0.717) is 5.92 Å². The highest BCUT2D eigenvalue weighted by Gasteiger charge is 2.43. The number of methoxy groups -OCH3 is 1. The zero-order valence-corrected chi connectivity index (χ0v) is 12.7. The quantitative estimate of drug-likeness (QED) is 0.534. The first-order valence-corrected chi connectivity index (χ1v) is 7.56. The van der Waals surface area contributed by atoms with Crippen molar-refractivity contribution in [3.8, 4) is 17.2 Å². The number of hydrogen-bond donors (Lipinski definition) is 1. The number of ether oxygens (including phenoxy) is 3. The lowest BCUT2D eigenvalue weighted by Gasteiger charge is -2.06. The van der Waals surface area contributed by atoms with Crippen molar-refractivity contribution in [3.63, 3.8) is 0 Å². The zero-order chi connectivity index (χ0) is 15.8. The largest absolute Gasteiger partial charge is 0.497 e. The number of hydrogen-bond acceptors (Lipinski definition) is 5. The molecule has 2 aliphatic rings. The molecule has 2 aromatic rings. The summed E-state index contributed by atoms with van der Waals surface area (Å²) in [7, 11) is 1.63. The Hall–Kier alpha value is -2.69. The van der Waals surface area contributed by atoms with E-state index < -0.39 is 0 Å². The molecular weight excluding hydrogens is 294 g/mol. The summed E-state index contributed by atoms with van der Waals surface area (Å²) < 4.78 is 15.9. The number of nitrogens with zero attached hydrogens (tertiary/aromatic N) is 1. The van der Waals surface area contributed by atoms with Crippen molar-refractivity contribution in [2.24, 2.45) is 11.1 Å². The van der Waals surface area contributed by atoms with E-state index in [9.17, 15) is 5.21 Å². The van der Waals surface area contributed by atoms with E-state index in [1.165, 1.54) is 5.56 Å². The van der Waals surface area contributed by atoms with E-state index in [4.69, 9.17) is 14.2 Å². The standard InChI is InChI=1S/C18H17NO4/c1-21-13-5-2-11(3-6-13)18(19-20)15-9-14(15)12-4-7-16-17(8-12)23-10-22-16/h2-8,14-15,20H,9-10H2,1H3/b19-18+/t14-,15-/m0/s1. The third-order valence-electron chi connectivity index (χ3n) is 4.46. The van der Waals surface area contributed by atoms with Gasteiger partial charge in [-0.25, -0.2) is 0 Å². The molecule has 1 fully saturated rings. The van der Waals surface area contributed by atoms with Crippen LogP contribution in [0.4, 0.5) is 0 Å².